The zero-order valence-corrected chi connectivity index (χ0v) is 14.4. The fourth-order valence-corrected chi connectivity index (χ4v) is 2.59. The lowest BCUT2D eigenvalue weighted by Gasteiger charge is -2.33. The molecule has 112 valence electrons. The van der Waals surface area contributed by atoms with Gasteiger partial charge in [-0.3, -0.25) is 0 Å². The maximum absolute atomic E-state index is 4.40. The van der Waals surface area contributed by atoms with Crippen LogP contribution in [0.5, 0.6) is 0 Å². The second-order valence-corrected chi connectivity index (χ2v) is 6.52. The first-order valence-corrected chi connectivity index (χ1v) is 7.74. The van der Waals surface area contributed by atoms with Crippen LogP contribution >= 0.6 is 12.6 Å². The van der Waals surface area contributed by atoms with Crippen molar-refractivity contribution in [3.63, 3.8) is 0 Å². The van der Waals surface area contributed by atoms with Crippen molar-refractivity contribution in [3.05, 3.63) is 35.7 Å². The van der Waals surface area contributed by atoms with Gasteiger partial charge in [-0.25, -0.2) is 0 Å². The van der Waals surface area contributed by atoms with Gasteiger partial charge in [0.25, 0.3) is 0 Å². The molecule has 0 radical (unpaired) electrons. The molecule has 3 heteroatoms. The second-order valence-electron chi connectivity index (χ2n) is 6.00. The minimum absolute atomic E-state index is 0.136. The molecule has 0 fully saturated rings. The first-order valence-electron chi connectivity index (χ1n) is 7.29. The van der Waals surface area contributed by atoms with Gasteiger partial charge < -0.3 is 10.6 Å². The summed E-state index contributed by atoms with van der Waals surface area (Å²) in [5.41, 5.74) is 3.71. The maximum Gasteiger partial charge on any atom is 0.0440 e. The molecular formula is C17H28N2S. The Balaban J connectivity index is 2.71. The highest BCUT2D eigenvalue weighted by Gasteiger charge is 2.23. The van der Waals surface area contributed by atoms with Crippen molar-refractivity contribution in [1.82, 2.24) is 5.32 Å². The van der Waals surface area contributed by atoms with Crippen molar-refractivity contribution in [3.8, 4) is 0 Å². The fraction of sp³-hybridized carbons (Fsp3) is 0.529. The van der Waals surface area contributed by atoms with E-state index in [1.807, 2.05) is 12.4 Å². The summed E-state index contributed by atoms with van der Waals surface area (Å²) in [4.78, 5) is 1.01. The predicted octanol–water partition coefficient (Wildman–Crippen LogP) is 4.89. The highest BCUT2D eigenvalue weighted by atomic mass is 32.1. The molecule has 0 heterocycles. The number of hydrogen-bond donors (Lipinski definition) is 3. The zero-order valence-electron chi connectivity index (χ0n) is 13.5. The molecule has 1 unspecified atom stereocenters. The van der Waals surface area contributed by atoms with Crippen molar-refractivity contribution in [2.45, 2.75) is 58.4 Å². The normalized spacial score (nSPS) is 14.6. The van der Waals surface area contributed by atoms with E-state index >= 15 is 0 Å². The average molecular weight is 292 g/mol. The van der Waals surface area contributed by atoms with Crippen LogP contribution in [-0.2, 0) is 0 Å². The lowest BCUT2D eigenvalue weighted by atomic mass is 9.86. The third-order valence-corrected chi connectivity index (χ3v) is 4.51. The largest absolute Gasteiger partial charge is 0.384 e. The molecule has 0 spiro atoms. The van der Waals surface area contributed by atoms with Crippen LogP contribution < -0.4 is 10.6 Å². The summed E-state index contributed by atoms with van der Waals surface area (Å²) in [6, 6.07) is 4.15. The SMILES string of the molecule is CCC(C)(N/C=C\Nc1c(C)cc(S)cc1C)C(C)C. The predicted molar refractivity (Wildman–Crippen MR) is 92.6 cm³/mol. The van der Waals surface area contributed by atoms with E-state index in [9.17, 15) is 0 Å². The molecule has 0 aliphatic rings. The Morgan fingerprint density at radius 2 is 1.75 bits per heavy atom. The van der Waals surface area contributed by atoms with Crippen molar-refractivity contribution < 1.29 is 0 Å². The molecule has 0 saturated carbocycles. The molecule has 0 aliphatic carbocycles. The zero-order chi connectivity index (χ0) is 15.3. The number of anilines is 1. The second kappa shape index (κ2) is 7.07. The van der Waals surface area contributed by atoms with Crippen LogP contribution in [0.15, 0.2) is 29.4 Å². The van der Waals surface area contributed by atoms with Crippen LogP contribution in [-0.4, -0.2) is 5.54 Å². The summed E-state index contributed by atoms with van der Waals surface area (Å²) in [5.74, 6) is 0.587. The quantitative estimate of drug-likeness (QED) is 0.650. The van der Waals surface area contributed by atoms with Gasteiger partial charge in [0.15, 0.2) is 0 Å². The van der Waals surface area contributed by atoms with Crippen LogP contribution in [0, 0.1) is 19.8 Å². The average Bonchev–Trinajstić information content (AvgIpc) is 2.36. The van der Waals surface area contributed by atoms with Crippen LogP contribution in [0.3, 0.4) is 0 Å². The fourth-order valence-electron chi connectivity index (χ4n) is 2.20. The summed E-state index contributed by atoms with van der Waals surface area (Å²) in [6.07, 6.45) is 5.09. The van der Waals surface area contributed by atoms with E-state index in [-0.39, 0.29) is 5.54 Å². The van der Waals surface area contributed by atoms with Gasteiger partial charge in [0.05, 0.1) is 0 Å². The molecule has 0 aliphatic heterocycles. The van der Waals surface area contributed by atoms with Crippen LogP contribution in [0.2, 0.25) is 0 Å². The van der Waals surface area contributed by atoms with Gasteiger partial charge in [-0.05, 0) is 56.4 Å². The van der Waals surface area contributed by atoms with E-state index in [0.29, 0.717) is 5.92 Å². The summed E-state index contributed by atoms with van der Waals surface area (Å²) in [6.45, 7) is 13.2. The van der Waals surface area contributed by atoms with Crippen molar-refractivity contribution in [2.24, 2.45) is 5.92 Å². The topological polar surface area (TPSA) is 24.1 Å². The minimum Gasteiger partial charge on any atom is -0.384 e. The van der Waals surface area contributed by atoms with E-state index in [4.69, 9.17) is 0 Å². The number of rotatable bonds is 6. The van der Waals surface area contributed by atoms with Crippen molar-refractivity contribution in [2.75, 3.05) is 5.32 Å². The van der Waals surface area contributed by atoms with E-state index in [1.165, 1.54) is 11.1 Å². The Morgan fingerprint density at radius 1 is 1.20 bits per heavy atom. The van der Waals surface area contributed by atoms with Gasteiger partial charge >= 0.3 is 0 Å². The number of nitrogens with one attached hydrogen (secondary N) is 2. The maximum atomic E-state index is 4.40. The van der Waals surface area contributed by atoms with Gasteiger partial charge in [0, 0.05) is 28.5 Å². The van der Waals surface area contributed by atoms with Gasteiger partial charge in [-0.2, -0.15) is 0 Å². The highest BCUT2D eigenvalue weighted by molar-refractivity contribution is 7.80. The lowest BCUT2D eigenvalue weighted by Crippen LogP contribution is -2.43. The first kappa shape index (κ1) is 17.0. The molecule has 1 atom stereocenters. The Morgan fingerprint density at radius 3 is 2.20 bits per heavy atom. The smallest absolute Gasteiger partial charge is 0.0440 e. The molecular weight excluding hydrogens is 264 g/mol. The van der Waals surface area contributed by atoms with E-state index in [0.717, 1.165) is 17.0 Å². The van der Waals surface area contributed by atoms with Crippen LogP contribution in [0.25, 0.3) is 0 Å². The summed E-state index contributed by atoms with van der Waals surface area (Å²) < 4.78 is 0. The van der Waals surface area contributed by atoms with E-state index in [2.05, 4.69) is 76.9 Å². The van der Waals surface area contributed by atoms with Gasteiger partial charge in [0.1, 0.15) is 0 Å². The van der Waals surface area contributed by atoms with Crippen LogP contribution in [0.4, 0.5) is 5.69 Å². The number of hydrogen-bond acceptors (Lipinski definition) is 3. The molecule has 1 rings (SSSR count). The summed E-state index contributed by atoms with van der Waals surface area (Å²) in [7, 11) is 0. The molecule has 1 aromatic carbocycles. The van der Waals surface area contributed by atoms with E-state index in [1.54, 1.807) is 0 Å². The summed E-state index contributed by atoms with van der Waals surface area (Å²) in [5, 5.41) is 6.87. The van der Waals surface area contributed by atoms with Crippen molar-refractivity contribution >= 4 is 18.3 Å². The molecule has 0 saturated heterocycles. The number of aryl methyl sites for hydroxylation is 2. The Kier molecular flexibility index (Phi) is 6.00. The molecule has 2 N–H and O–H groups in total. The number of benzene rings is 1. The van der Waals surface area contributed by atoms with Gasteiger partial charge in [0.2, 0.25) is 0 Å². The minimum atomic E-state index is 0.136. The Hall–Kier alpha value is -1.09. The third-order valence-electron chi connectivity index (χ3n) is 4.25. The molecule has 0 bridgehead atoms. The lowest BCUT2D eigenvalue weighted by molar-refractivity contribution is 0.282. The van der Waals surface area contributed by atoms with Crippen LogP contribution in [0.1, 0.15) is 45.2 Å². The standard InChI is InChI=1S/C17H28N2S/c1-7-17(6,12(2)3)19-9-8-18-16-13(4)10-15(20)11-14(16)5/h8-12,18-20H,7H2,1-6H3/b9-8-. The van der Waals surface area contributed by atoms with Gasteiger partial charge in [-0.15, -0.1) is 12.6 Å². The highest BCUT2D eigenvalue weighted by Crippen LogP contribution is 2.24. The monoisotopic (exact) mass is 292 g/mol. The Bertz CT molecular complexity index is 457. The molecule has 20 heavy (non-hydrogen) atoms. The molecule has 2 nitrogen and oxygen atoms in total. The van der Waals surface area contributed by atoms with E-state index < -0.39 is 0 Å². The molecule has 1 aromatic rings. The summed E-state index contributed by atoms with van der Waals surface area (Å²) >= 11 is 4.40. The molecule has 0 amide bonds. The third kappa shape index (κ3) is 4.20. The number of thiol groups is 1. The van der Waals surface area contributed by atoms with Crippen molar-refractivity contribution in [1.29, 1.82) is 0 Å². The first-order chi connectivity index (χ1) is 9.30. The Labute approximate surface area is 129 Å². The van der Waals surface area contributed by atoms with Gasteiger partial charge in [-0.1, -0.05) is 20.8 Å². The molecule has 0 aromatic heterocycles.